The molecule has 1 N–H and O–H groups in total. The second kappa shape index (κ2) is 4.70. The molecule has 1 aromatic carbocycles. The molecule has 3 aromatic rings. The molecule has 0 aliphatic heterocycles. The predicted octanol–water partition coefficient (Wildman–Crippen LogP) is 3.44. The fourth-order valence-electron chi connectivity index (χ4n) is 1.66. The molecule has 2 heterocycles. The number of halogens is 1. The van der Waals surface area contributed by atoms with Crippen LogP contribution in [0.1, 0.15) is 5.56 Å². The smallest absolute Gasteiger partial charge is 0.184 e. The van der Waals surface area contributed by atoms with Crippen LogP contribution >= 0.6 is 11.3 Å². The van der Waals surface area contributed by atoms with Crippen LogP contribution in [0.5, 0.6) is 0 Å². The van der Waals surface area contributed by atoms with Crippen LogP contribution in [0.2, 0.25) is 0 Å². The van der Waals surface area contributed by atoms with Crippen molar-refractivity contribution in [2.45, 2.75) is 6.54 Å². The van der Waals surface area contributed by atoms with Crippen LogP contribution in [-0.4, -0.2) is 9.97 Å². The summed E-state index contributed by atoms with van der Waals surface area (Å²) in [4.78, 5) is 8.38. The predicted molar refractivity (Wildman–Crippen MR) is 71.1 cm³/mol. The summed E-state index contributed by atoms with van der Waals surface area (Å²) in [5.41, 5.74) is 1.77. The molecule has 0 radical (unpaired) electrons. The van der Waals surface area contributed by atoms with Gasteiger partial charge >= 0.3 is 0 Å². The van der Waals surface area contributed by atoms with Crippen molar-refractivity contribution >= 4 is 26.7 Å². The van der Waals surface area contributed by atoms with E-state index in [0.29, 0.717) is 12.1 Å². The Bertz CT molecular complexity index is 666. The maximum absolute atomic E-state index is 13.0. The van der Waals surface area contributed by atoms with Crippen LogP contribution in [-0.2, 0) is 6.54 Å². The number of hydrogen-bond acceptors (Lipinski definition) is 4. The van der Waals surface area contributed by atoms with E-state index in [2.05, 4.69) is 15.3 Å². The molecule has 0 aliphatic rings. The van der Waals surface area contributed by atoms with E-state index in [4.69, 9.17) is 0 Å². The third-order valence-corrected chi connectivity index (χ3v) is 3.51. The highest BCUT2D eigenvalue weighted by atomic mass is 32.1. The molecular formula is C13H10FN3S. The number of benzene rings is 1. The maximum atomic E-state index is 13.0. The Morgan fingerprint density at radius 1 is 1.28 bits per heavy atom. The Hall–Kier alpha value is -2.01. The summed E-state index contributed by atoms with van der Waals surface area (Å²) >= 11 is 1.52. The lowest BCUT2D eigenvalue weighted by Crippen LogP contribution is -1.98. The lowest BCUT2D eigenvalue weighted by Gasteiger charge is -2.00. The van der Waals surface area contributed by atoms with E-state index >= 15 is 0 Å². The largest absolute Gasteiger partial charge is 0.357 e. The summed E-state index contributed by atoms with van der Waals surface area (Å²) in [6, 6.07) is 8.53. The van der Waals surface area contributed by atoms with Gasteiger partial charge in [-0.05, 0) is 23.8 Å². The molecule has 2 aromatic heterocycles. The number of aromatic nitrogens is 2. The molecule has 3 nitrogen and oxygen atoms in total. The lowest BCUT2D eigenvalue weighted by molar-refractivity contribution is 0.629. The summed E-state index contributed by atoms with van der Waals surface area (Å²) in [5, 5.41) is 4.01. The normalized spacial score (nSPS) is 10.7. The molecule has 0 aliphatic carbocycles. The average Bonchev–Trinajstić information content (AvgIpc) is 2.79. The third kappa shape index (κ3) is 2.31. The standard InChI is InChI=1S/C13H10FN3S/c14-10-3-4-12-11(6-10)17-13(18-12)16-8-9-2-1-5-15-7-9/h1-7H,8H2,(H,16,17). The van der Waals surface area contributed by atoms with Crippen molar-refractivity contribution in [1.29, 1.82) is 0 Å². The zero-order valence-electron chi connectivity index (χ0n) is 9.43. The van der Waals surface area contributed by atoms with E-state index in [0.717, 1.165) is 15.4 Å². The molecule has 0 amide bonds. The molecule has 0 atom stereocenters. The van der Waals surface area contributed by atoms with E-state index in [-0.39, 0.29) is 5.82 Å². The van der Waals surface area contributed by atoms with Crippen molar-refractivity contribution in [1.82, 2.24) is 9.97 Å². The first-order chi connectivity index (χ1) is 8.81. The Labute approximate surface area is 107 Å². The van der Waals surface area contributed by atoms with Gasteiger partial charge in [0.2, 0.25) is 0 Å². The fourth-order valence-corrected chi connectivity index (χ4v) is 2.50. The first-order valence-electron chi connectivity index (χ1n) is 5.50. The number of thiazole rings is 1. The van der Waals surface area contributed by atoms with Gasteiger partial charge in [-0.15, -0.1) is 0 Å². The van der Waals surface area contributed by atoms with Crippen molar-refractivity contribution in [3.05, 3.63) is 54.1 Å². The van der Waals surface area contributed by atoms with Crippen molar-refractivity contribution < 1.29 is 4.39 Å². The summed E-state index contributed by atoms with van der Waals surface area (Å²) in [7, 11) is 0. The molecule has 0 saturated heterocycles. The molecule has 0 saturated carbocycles. The van der Waals surface area contributed by atoms with Crippen LogP contribution in [0.15, 0.2) is 42.7 Å². The van der Waals surface area contributed by atoms with Crippen LogP contribution in [0.25, 0.3) is 10.2 Å². The van der Waals surface area contributed by atoms with Gasteiger partial charge in [0, 0.05) is 25.0 Å². The maximum Gasteiger partial charge on any atom is 0.184 e. The molecule has 0 fully saturated rings. The van der Waals surface area contributed by atoms with Gasteiger partial charge in [-0.25, -0.2) is 9.37 Å². The van der Waals surface area contributed by atoms with Gasteiger partial charge in [-0.1, -0.05) is 17.4 Å². The first kappa shape index (κ1) is 11.1. The van der Waals surface area contributed by atoms with Crippen molar-refractivity contribution in [2.75, 3.05) is 5.32 Å². The van der Waals surface area contributed by atoms with Crippen LogP contribution in [0, 0.1) is 5.82 Å². The molecule has 5 heteroatoms. The fraction of sp³-hybridized carbons (Fsp3) is 0.0769. The molecule has 0 unspecified atom stereocenters. The molecular weight excluding hydrogens is 249 g/mol. The summed E-state index contributed by atoms with van der Waals surface area (Å²) in [5.74, 6) is -0.258. The average molecular weight is 259 g/mol. The van der Waals surface area contributed by atoms with E-state index in [1.54, 1.807) is 18.5 Å². The van der Waals surface area contributed by atoms with Crippen LogP contribution < -0.4 is 5.32 Å². The quantitative estimate of drug-likeness (QED) is 0.783. The van der Waals surface area contributed by atoms with E-state index in [1.165, 1.54) is 23.5 Å². The second-order valence-electron chi connectivity index (χ2n) is 3.85. The minimum Gasteiger partial charge on any atom is -0.357 e. The first-order valence-corrected chi connectivity index (χ1v) is 6.32. The number of fused-ring (bicyclic) bond motifs is 1. The molecule has 18 heavy (non-hydrogen) atoms. The number of hydrogen-bond donors (Lipinski definition) is 1. The van der Waals surface area contributed by atoms with Gasteiger partial charge in [-0.2, -0.15) is 0 Å². The Kier molecular flexibility index (Phi) is 2.90. The number of anilines is 1. The SMILES string of the molecule is Fc1ccc2sc(NCc3cccnc3)nc2c1. The molecule has 0 bridgehead atoms. The minimum atomic E-state index is -0.258. The minimum absolute atomic E-state index is 0.258. The monoisotopic (exact) mass is 259 g/mol. The van der Waals surface area contributed by atoms with Crippen molar-refractivity contribution in [2.24, 2.45) is 0 Å². The van der Waals surface area contributed by atoms with Crippen molar-refractivity contribution in [3.63, 3.8) is 0 Å². The van der Waals surface area contributed by atoms with Gasteiger partial charge in [0.25, 0.3) is 0 Å². The van der Waals surface area contributed by atoms with E-state index in [9.17, 15) is 4.39 Å². The van der Waals surface area contributed by atoms with Gasteiger partial charge in [0.05, 0.1) is 10.2 Å². The van der Waals surface area contributed by atoms with E-state index < -0.39 is 0 Å². The Balaban J connectivity index is 1.79. The lowest BCUT2D eigenvalue weighted by atomic mass is 10.3. The molecule has 3 rings (SSSR count). The Morgan fingerprint density at radius 2 is 2.22 bits per heavy atom. The highest BCUT2D eigenvalue weighted by Gasteiger charge is 2.04. The topological polar surface area (TPSA) is 37.8 Å². The molecule has 0 spiro atoms. The third-order valence-electron chi connectivity index (χ3n) is 2.52. The zero-order chi connectivity index (χ0) is 12.4. The molecule has 90 valence electrons. The van der Waals surface area contributed by atoms with E-state index in [1.807, 2.05) is 12.1 Å². The van der Waals surface area contributed by atoms with Crippen LogP contribution in [0.4, 0.5) is 9.52 Å². The highest BCUT2D eigenvalue weighted by Crippen LogP contribution is 2.26. The van der Waals surface area contributed by atoms with Crippen molar-refractivity contribution in [3.8, 4) is 0 Å². The highest BCUT2D eigenvalue weighted by molar-refractivity contribution is 7.22. The van der Waals surface area contributed by atoms with Gasteiger partial charge < -0.3 is 5.32 Å². The second-order valence-corrected chi connectivity index (χ2v) is 4.88. The van der Waals surface area contributed by atoms with Gasteiger partial charge in [0.1, 0.15) is 5.82 Å². The van der Waals surface area contributed by atoms with Gasteiger partial charge in [-0.3, -0.25) is 4.98 Å². The summed E-state index contributed by atoms with van der Waals surface area (Å²) in [6.45, 7) is 0.663. The zero-order valence-corrected chi connectivity index (χ0v) is 10.2. The number of pyridine rings is 1. The van der Waals surface area contributed by atoms with Gasteiger partial charge in [0.15, 0.2) is 5.13 Å². The summed E-state index contributed by atoms with van der Waals surface area (Å²) in [6.07, 6.45) is 3.55. The Morgan fingerprint density at radius 3 is 3.06 bits per heavy atom. The number of nitrogens with zero attached hydrogens (tertiary/aromatic N) is 2. The number of nitrogens with one attached hydrogen (secondary N) is 1. The van der Waals surface area contributed by atoms with Crippen LogP contribution in [0.3, 0.4) is 0 Å². The summed E-state index contributed by atoms with van der Waals surface area (Å²) < 4.78 is 14.0. The number of rotatable bonds is 3.